The molecule has 3 aromatic rings. The fourth-order valence-electron chi connectivity index (χ4n) is 2.00. The normalized spacial score (nSPS) is 10.5. The number of ether oxygens (including phenoxy) is 1. The molecular formula is C16H11BCl2N2O2. The van der Waals surface area contributed by atoms with E-state index < -0.39 is 5.56 Å². The molecule has 0 radical (unpaired) electrons. The van der Waals surface area contributed by atoms with Gasteiger partial charge in [0.25, 0.3) is 0 Å². The minimum Gasteiger partial charge on any atom is -0.450 e. The van der Waals surface area contributed by atoms with E-state index in [0.29, 0.717) is 16.5 Å². The maximum absolute atomic E-state index is 12.6. The first kappa shape index (κ1) is 15.7. The second kappa shape index (κ2) is 6.48. The summed E-state index contributed by atoms with van der Waals surface area (Å²) in [5.41, 5.74) is 1.22. The molecule has 0 amide bonds. The molecule has 2 aromatic carbocycles. The van der Waals surface area contributed by atoms with Gasteiger partial charge in [-0.1, -0.05) is 40.8 Å². The third-order valence-electron chi connectivity index (χ3n) is 3.20. The highest BCUT2D eigenvalue weighted by Crippen LogP contribution is 2.25. The summed E-state index contributed by atoms with van der Waals surface area (Å²) < 4.78 is 6.86. The van der Waals surface area contributed by atoms with Gasteiger partial charge in [-0.15, -0.1) is 0 Å². The van der Waals surface area contributed by atoms with E-state index in [4.69, 9.17) is 27.9 Å². The third kappa shape index (κ3) is 3.41. The molecule has 1 aromatic heterocycles. The van der Waals surface area contributed by atoms with E-state index >= 15 is 0 Å². The Hall–Kier alpha value is -2.24. The quantitative estimate of drug-likeness (QED) is 0.686. The van der Waals surface area contributed by atoms with Gasteiger partial charge in [0.15, 0.2) is 0 Å². The Kier molecular flexibility index (Phi) is 4.41. The number of hydrogen-bond acceptors (Lipinski definition) is 3. The maximum atomic E-state index is 12.6. The van der Waals surface area contributed by atoms with Crippen LogP contribution < -0.4 is 15.8 Å². The number of hydrogen-bond donors (Lipinski definition) is 0. The lowest BCUT2D eigenvalue weighted by Gasteiger charge is -2.10. The van der Waals surface area contributed by atoms with Crippen LogP contribution in [0.4, 0.5) is 0 Å². The van der Waals surface area contributed by atoms with Gasteiger partial charge in [0.2, 0.25) is 5.75 Å². The van der Waals surface area contributed by atoms with Crippen molar-refractivity contribution in [3.05, 3.63) is 75.1 Å². The van der Waals surface area contributed by atoms with E-state index in [0.717, 1.165) is 5.46 Å². The van der Waals surface area contributed by atoms with Crippen molar-refractivity contribution in [3.8, 4) is 17.2 Å². The molecule has 0 bridgehead atoms. The highest BCUT2D eigenvalue weighted by Gasteiger charge is 2.13. The molecule has 114 valence electrons. The standard InChI is InChI=1S/C16H11BCl2N2O2/c17-10-1-7-13(8-2-10)23-15-14(19)9-20-21(16(15)22)12-5-3-11(18)4-6-12/h1-9H,17H2. The Morgan fingerprint density at radius 2 is 1.65 bits per heavy atom. The van der Waals surface area contributed by atoms with Gasteiger partial charge in [-0.25, -0.2) is 0 Å². The molecule has 7 heteroatoms. The van der Waals surface area contributed by atoms with Gasteiger partial charge < -0.3 is 4.74 Å². The van der Waals surface area contributed by atoms with Crippen LogP contribution in [0.25, 0.3) is 5.69 Å². The molecule has 0 aliphatic carbocycles. The van der Waals surface area contributed by atoms with Crippen molar-refractivity contribution in [1.82, 2.24) is 9.78 Å². The minimum absolute atomic E-state index is 0.0282. The van der Waals surface area contributed by atoms with Crippen LogP contribution in [0.5, 0.6) is 11.5 Å². The van der Waals surface area contributed by atoms with Crippen LogP contribution in [0.3, 0.4) is 0 Å². The van der Waals surface area contributed by atoms with Crippen LogP contribution in [0, 0.1) is 0 Å². The van der Waals surface area contributed by atoms with E-state index in [2.05, 4.69) is 5.10 Å². The lowest BCUT2D eigenvalue weighted by atomic mass is 9.97. The summed E-state index contributed by atoms with van der Waals surface area (Å²) in [6, 6.07) is 14.1. The van der Waals surface area contributed by atoms with E-state index in [-0.39, 0.29) is 10.8 Å². The van der Waals surface area contributed by atoms with Crippen LogP contribution in [-0.2, 0) is 0 Å². The predicted octanol–water partition coefficient (Wildman–Crippen LogP) is 2.59. The third-order valence-corrected chi connectivity index (χ3v) is 3.72. The second-order valence-corrected chi connectivity index (χ2v) is 5.77. The minimum atomic E-state index is -0.444. The summed E-state index contributed by atoms with van der Waals surface area (Å²) >= 11 is 11.9. The molecule has 0 aliphatic heterocycles. The molecule has 0 N–H and O–H groups in total. The lowest BCUT2D eigenvalue weighted by molar-refractivity contribution is 0.468. The van der Waals surface area contributed by atoms with E-state index in [9.17, 15) is 4.79 Å². The average molecular weight is 345 g/mol. The molecule has 0 saturated carbocycles. The molecule has 0 aliphatic rings. The van der Waals surface area contributed by atoms with Crippen molar-refractivity contribution in [2.24, 2.45) is 0 Å². The number of benzene rings is 2. The molecule has 1 heterocycles. The van der Waals surface area contributed by atoms with Crippen molar-refractivity contribution in [3.63, 3.8) is 0 Å². The number of nitrogens with zero attached hydrogens (tertiary/aromatic N) is 2. The van der Waals surface area contributed by atoms with Crippen LogP contribution in [0.2, 0.25) is 10.0 Å². The van der Waals surface area contributed by atoms with Crippen LogP contribution in [0.15, 0.2) is 59.5 Å². The monoisotopic (exact) mass is 344 g/mol. The molecule has 0 atom stereocenters. The first-order chi connectivity index (χ1) is 11.0. The SMILES string of the molecule is Bc1ccc(Oc2c(Cl)cnn(-c3ccc(Cl)cc3)c2=O)cc1. The lowest BCUT2D eigenvalue weighted by Crippen LogP contribution is -2.22. The summed E-state index contributed by atoms with van der Waals surface area (Å²) in [4.78, 5) is 12.6. The summed E-state index contributed by atoms with van der Waals surface area (Å²) in [6.07, 6.45) is 1.38. The summed E-state index contributed by atoms with van der Waals surface area (Å²) in [5, 5.41) is 4.77. The highest BCUT2D eigenvalue weighted by atomic mass is 35.5. The topological polar surface area (TPSA) is 44.1 Å². The van der Waals surface area contributed by atoms with Crippen LogP contribution in [0.1, 0.15) is 0 Å². The Morgan fingerprint density at radius 3 is 2.30 bits per heavy atom. The fourth-order valence-corrected chi connectivity index (χ4v) is 2.29. The van der Waals surface area contributed by atoms with E-state index in [1.54, 1.807) is 36.4 Å². The zero-order chi connectivity index (χ0) is 16.4. The zero-order valence-corrected chi connectivity index (χ0v) is 13.7. The van der Waals surface area contributed by atoms with E-state index in [1.807, 2.05) is 20.0 Å². The van der Waals surface area contributed by atoms with Crippen molar-refractivity contribution in [2.75, 3.05) is 0 Å². The molecule has 0 saturated heterocycles. The van der Waals surface area contributed by atoms with Gasteiger partial charge >= 0.3 is 5.56 Å². The Labute approximate surface area is 143 Å². The Balaban J connectivity index is 2.03. The summed E-state index contributed by atoms with van der Waals surface area (Å²) in [7, 11) is 1.97. The molecular weight excluding hydrogens is 334 g/mol. The van der Waals surface area contributed by atoms with Gasteiger partial charge in [-0.3, -0.25) is 4.79 Å². The summed E-state index contributed by atoms with van der Waals surface area (Å²) in [5.74, 6) is 0.559. The largest absolute Gasteiger partial charge is 0.450 e. The fraction of sp³-hybridized carbons (Fsp3) is 0. The van der Waals surface area contributed by atoms with Gasteiger partial charge in [0.05, 0.1) is 11.9 Å². The Morgan fingerprint density at radius 1 is 1.00 bits per heavy atom. The zero-order valence-electron chi connectivity index (χ0n) is 12.2. The highest BCUT2D eigenvalue weighted by molar-refractivity contribution is 6.32. The van der Waals surface area contributed by atoms with Crippen molar-refractivity contribution in [2.45, 2.75) is 0 Å². The number of rotatable bonds is 3. The van der Waals surface area contributed by atoms with Crippen molar-refractivity contribution in [1.29, 1.82) is 0 Å². The van der Waals surface area contributed by atoms with Crippen molar-refractivity contribution < 1.29 is 4.74 Å². The van der Waals surface area contributed by atoms with Crippen LogP contribution >= 0.6 is 23.2 Å². The second-order valence-electron chi connectivity index (χ2n) is 4.93. The molecule has 3 rings (SSSR count). The van der Waals surface area contributed by atoms with Gasteiger partial charge in [-0.2, -0.15) is 9.78 Å². The van der Waals surface area contributed by atoms with Crippen molar-refractivity contribution >= 4 is 36.5 Å². The number of aromatic nitrogens is 2. The molecule has 0 spiro atoms. The maximum Gasteiger partial charge on any atom is 0.316 e. The molecule has 23 heavy (non-hydrogen) atoms. The number of halogens is 2. The predicted molar refractivity (Wildman–Crippen MR) is 94.5 cm³/mol. The first-order valence-electron chi connectivity index (χ1n) is 6.83. The van der Waals surface area contributed by atoms with E-state index in [1.165, 1.54) is 10.9 Å². The summed E-state index contributed by atoms with van der Waals surface area (Å²) in [6.45, 7) is 0. The molecule has 0 unspecified atom stereocenters. The molecule has 4 nitrogen and oxygen atoms in total. The smallest absolute Gasteiger partial charge is 0.316 e. The molecule has 0 fully saturated rings. The van der Waals surface area contributed by atoms with Gasteiger partial charge in [0.1, 0.15) is 18.6 Å². The van der Waals surface area contributed by atoms with Gasteiger partial charge in [0, 0.05) is 5.02 Å². The first-order valence-corrected chi connectivity index (χ1v) is 7.58. The average Bonchev–Trinajstić information content (AvgIpc) is 2.54. The van der Waals surface area contributed by atoms with Gasteiger partial charge in [-0.05, 0) is 36.4 Å². The van der Waals surface area contributed by atoms with Crippen LogP contribution in [-0.4, -0.2) is 17.6 Å². The Bertz CT molecular complexity index is 893.